The van der Waals surface area contributed by atoms with Crippen molar-refractivity contribution in [1.29, 1.82) is 0 Å². The lowest BCUT2D eigenvalue weighted by Gasteiger charge is -2.50. The summed E-state index contributed by atoms with van der Waals surface area (Å²) in [6, 6.07) is 0.340. The number of allylic oxidation sites excluding steroid dienone is 1. The van der Waals surface area contributed by atoms with Crippen molar-refractivity contribution in [3.05, 3.63) is 28.8 Å². The first kappa shape index (κ1) is 24.2. The molecule has 6 rings (SSSR count). The van der Waals surface area contributed by atoms with E-state index in [2.05, 4.69) is 20.2 Å². The highest BCUT2D eigenvalue weighted by Crippen LogP contribution is 2.40. The van der Waals surface area contributed by atoms with E-state index in [4.69, 9.17) is 26.3 Å². The number of piperidine rings is 1. The van der Waals surface area contributed by atoms with Crippen molar-refractivity contribution in [3.63, 3.8) is 0 Å². The third-order valence-corrected chi connectivity index (χ3v) is 7.91. The SMILES string of the molecule is Cc1nc2c(C3=C(Cl)c4cn(C)nc4CC3)[nH]nc2nc1N1C2CCCC1CN(C(=O)OC(C)(C)C)C2. The average molecular weight is 525 g/mol. The Hall–Kier alpha value is -3.14. The van der Waals surface area contributed by atoms with Crippen LogP contribution < -0.4 is 4.90 Å². The van der Waals surface area contributed by atoms with Gasteiger partial charge in [-0.1, -0.05) is 11.6 Å². The summed E-state index contributed by atoms with van der Waals surface area (Å²) in [7, 11) is 1.91. The summed E-state index contributed by atoms with van der Waals surface area (Å²) in [6.45, 7) is 8.95. The van der Waals surface area contributed by atoms with Crippen molar-refractivity contribution >= 4 is 45.3 Å². The van der Waals surface area contributed by atoms with Gasteiger partial charge < -0.3 is 14.5 Å². The normalized spacial score (nSPS) is 22.0. The number of amides is 1. The molecule has 11 heteroatoms. The van der Waals surface area contributed by atoms with Gasteiger partial charge in [-0.15, -0.1) is 0 Å². The molecule has 3 aliphatic rings. The number of ether oxygens (including phenoxy) is 1. The van der Waals surface area contributed by atoms with E-state index in [1.54, 1.807) is 4.68 Å². The number of fused-ring (bicyclic) bond motifs is 4. The van der Waals surface area contributed by atoms with Gasteiger partial charge in [-0.3, -0.25) is 9.78 Å². The fraction of sp³-hybridized carbons (Fsp3) is 0.577. The number of carbonyl (C=O) groups excluding carboxylic acids is 1. The molecule has 2 aliphatic heterocycles. The maximum absolute atomic E-state index is 12.8. The van der Waals surface area contributed by atoms with Crippen molar-refractivity contribution in [1.82, 2.24) is 34.8 Å². The zero-order valence-electron chi connectivity index (χ0n) is 22.0. The van der Waals surface area contributed by atoms with Crippen LogP contribution >= 0.6 is 11.6 Å². The topological polar surface area (TPSA) is 105 Å². The molecular formula is C26H33ClN8O2. The Kier molecular flexibility index (Phi) is 5.70. The van der Waals surface area contributed by atoms with Crippen LogP contribution in [-0.2, 0) is 18.2 Å². The summed E-state index contributed by atoms with van der Waals surface area (Å²) in [5.41, 5.74) is 5.46. The minimum Gasteiger partial charge on any atom is -0.444 e. The van der Waals surface area contributed by atoms with Gasteiger partial charge in [-0.2, -0.15) is 10.2 Å². The van der Waals surface area contributed by atoms with E-state index in [-0.39, 0.29) is 18.2 Å². The molecule has 3 aromatic heterocycles. The van der Waals surface area contributed by atoms with Crippen LogP contribution in [0.3, 0.4) is 0 Å². The van der Waals surface area contributed by atoms with E-state index in [1.165, 1.54) is 0 Å². The third kappa shape index (κ3) is 4.24. The summed E-state index contributed by atoms with van der Waals surface area (Å²) < 4.78 is 7.47. The molecule has 5 heterocycles. The van der Waals surface area contributed by atoms with Crippen LogP contribution in [0.15, 0.2) is 6.20 Å². The van der Waals surface area contributed by atoms with Crippen LogP contribution in [0.4, 0.5) is 10.6 Å². The Balaban J connectivity index is 1.32. The first-order valence-corrected chi connectivity index (χ1v) is 13.4. The molecule has 0 saturated carbocycles. The Morgan fingerprint density at radius 2 is 1.89 bits per heavy atom. The molecule has 1 aliphatic carbocycles. The summed E-state index contributed by atoms with van der Waals surface area (Å²) in [5.74, 6) is 0.849. The van der Waals surface area contributed by atoms with Gasteiger partial charge in [0.05, 0.1) is 22.1 Å². The van der Waals surface area contributed by atoms with Gasteiger partial charge in [0.15, 0.2) is 5.82 Å². The molecule has 1 amide bonds. The molecule has 2 bridgehead atoms. The fourth-order valence-corrected chi connectivity index (χ4v) is 6.29. The summed E-state index contributed by atoms with van der Waals surface area (Å²) in [4.78, 5) is 27.0. The Labute approximate surface area is 221 Å². The molecule has 37 heavy (non-hydrogen) atoms. The number of halogens is 1. The van der Waals surface area contributed by atoms with Crippen molar-refractivity contribution < 1.29 is 9.53 Å². The van der Waals surface area contributed by atoms with Crippen LogP contribution in [0.1, 0.15) is 69.1 Å². The molecule has 3 aromatic rings. The van der Waals surface area contributed by atoms with Crippen molar-refractivity contribution in [2.24, 2.45) is 7.05 Å². The first-order valence-electron chi connectivity index (χ1n) is 13.0. The van der Waals surface area contributed by atoms with E-state index in [0.717, 1.165) is 71.7 Å². The fourth-order valence-electron chi connectivity index (χ4n) is 5.95. The maximum Gasteiger partial charge on any atom is 0.410 e. The van der Waals surface area contributed by atoms with Gasteiger partial charge in [0.25, 0.3) is 0 Å². The number of likely N-dealkylation sites (tertiary alicyclic amines) is 1. The van der Waals surface area contributed by atoms with Crippen LogP contribution in [0, 0.1) is 6.92 Å². The lowest BCUT2D eigenvalue weighted by atomic mass is 9.91. The Morgan fingerprint density at radius 3 is 2.59 bits per heavy atom. The number of aromatic nitrogens is 6. The number of piperazine rings is 1. The first-order chi connectivity index (χ1) is 17.6. The summed E-state index contributed by atoms with van der Waals surface area (Å²) in [6.07, 6.45) is 6.43. The Bertz CT molecular complexity index is 1400. The summed E-state index contributed by atoms with van der Waals surface area (Å²) >= 11 is 6.83. The molecule has 2 fully saturated rings. The van der Waals surface area contributed by atoms with Crippen molar-refractivity contribution in [2.45, 2.75) is 77.5 Å². The highest BCUT2D eigenvalue weighted by atomic mass is 35.5. The number of H-pyrrole nitrogens is 1. The number of nitrogens with one attached hydrogen (secondary N) is 1. The highest BCUT2D eigenvalue weighted by Gasteiger charge is 2.41. The third-order valence-electron chi connectivity index (χ3n) is 7.48. The number of hydrogen-bond acceptors (Lipinski definition) is 7. The second-order valence-electron chi connectivity index (χ2n) is 11.4. The van der Waals surface area contributed by atoms with Gasteiger partial charge in [-0.25, -0.2) is 14.8 Å². The Morgan fingerprint density at radius 1 is 1.16 bits per heavy atom. The number of carbonyl (C=O) groups is 1. The predicted molar refractivity (Wildman–Crippen MR) is 142 cm³/mol. The molecule has 2 saturated heterocycles. The van der Waals surface area contributed by atoms with Crippen LogP contribution in [0.2, 0.25) is 0 Å². The quantitative estimate of drug-likeness (QED) is 0.528. The predicted octanol–water partition coefficient (Wildman–Crippen LogP) is 4.43. The van der Waals surface area contributed by atoms with Gasteiger partial charge in [0.1, 0.15) is 11.1 Å². The molecule has 2 unspecified atom stereocenters. The van der Waals surface area contributed by atoms with Gasteiger partial charge in [0.2, 0.25) is 5.65 Å². The monoisotopic (exact) mass is 524 g/mol. The lowest BCUT2D eigenvalue weighted by molar-refractivity contribution is 0.0154. The highest BCUT2D eigenvalue weighted by molar-refractivity contribution is 6.53. The van der Waals surface area contributed by atoms with E-state index >= 15 is 0 Å². The second kappa shape index (κ2) is 8.72. The van der Waals surface area contributed by atoms with E-state index < -0.39 is 5.60 Å². The molecule has 0 radical (unpaired) electrons. The second-order valence-corrected chi connectivity index (χ2v) is 11.8. The summed E-state index contributed by atoms with van der Waals surface area (Å²) in [5, 5.41) is 12.9. The van der Waals surface area contributed by atoms with Crippen LogP contribution in [0.5, 0.6) is 0 Å². The number of aryl methyl sites for hydroxylation is 3. The molecule has 0 aromatic carbocycles. The van der Waals surface area contributed by atoms with E-state index in [1.807, 2.05) is 45.8 Å². The van der Waals surface area contributed by atoms with Crippen molar-refractivity contribution in [3.8, 4) is 0 Å². The largest absolute Gasteiger partial charge is 0.444 e. The molecule has 196 valence electrons. The maximum atomic E-state index is 12.8. The van der Waals surface area contributed by atoms with Crippen LogP contribution in [-0.4, -0.2) is 71.7 Å². The molecule has 10 nitrogen and oxygen atoms in total. The zero-order valence-corrected chi connectivity index (χ0v) is 22.8. The van der Waals surface area contributed by atoms with Crippen LogP contribution in [0.25, 0.3) is 21.8 Å². The number of nitrogens with zero attached hydrogens (tertiary/aromatic N) is 7. The number of rotatable bonds is 2. The van der Waals surface area contributed by atoms with Gasteiger partial charge in [-0.05, 0) is 65.4 Å². The van der Waals surface area contributed by atoms with Crippen molar-refractivity contribution in [2.75, 3.05) is 18.0 Å². The molecular weight excluding hydrogens is 492 g/mol. The minimum atomic E-state index is -0.511. The van der Waals surface area contributed by atoms with Gasteiger partial charge in [0, 0.05) is 44.0 Å². The smallest absolute Gasteiger partial charge is 0.410 e. The van der Waals surface area contributed by atoms with Gasteiger partial charge >= 0.3 is 6.09 Å². The molecule has 2 atom stereocenters. The minimum absolute atomic E-state index is 0.170. The lowest BCUT2D eigenvalue weighted by Crippen LogP contribution is -2.63. The zero-order chi connectivity index (χ0) is 26.1. The average Bonchev–Trinajstić information content (AvgIpc) is 3.40. The number of aromatic amines is 1. The van der Waals surface area contributed by atoms with E-state index in [0.29, 0.717) is 23.8 Å². The van der Waals surface area contributed by atoms with E-state index in [9.17, 15) is 4.79 Å². The molecule has 0 spiro atoms. The number of anilines is 1. The molecule has 1 N–H and O–H groups in total. The number of hydrogen-bond donors (Lipinski definition) is 1. The standard InChI is InChI=1S/C26H33ClN8O2/c1-14-24(35-15-7-6-8-16(35)12-34(11-15)25(36)37-26(2,3)4)29-23-22(28-14)21(30-31-23)17-9-10-19-18(20(17)27)13-33(5)32-19/h13,15-16H,6-12H2,1-5H3,(H,29,30,31).